The molecule has 0 N–H and O–H groups in total. The van der Waals surface area contributed by atoms with Gasteiger partial charge in [-0.2, -0.15) is 0 Å². The van der Waals surface area contributed by atoms with Crippen LogP contribution in [-0.2, 0) is 27.2 Å². The van der Waals surface area contributed by atoms with Crippen LogP contribution >= 0.6 is 0 Å². The van der Waals surface area contributed by atoms with E-state index >= 15 is 0 Å². The van der Waals surface area contributed by atoms with Gasteiger partial charge in [-0.15, -0.1) is 0 Å². The summed E-state index contributed by atoms with van der Waals surface area (Å²) in [5, 5.41) is 0. The molecule has 2 heterocycles. The third-order valence-electron chi connectivity index (χ3n) is 6.12. The Morgan fingerprint density at radius 2 is 1.09 bits per heavy atom. The standard InChI is InChI=1S/C32H27N3O6.2C2H6/c1-20(36)39-26-13-9-24(10-14-26)18-29-32(41-22(3)38)35-19-30(25-11-15-27(16-12-25)40-21(2)37)33-28(31(35)34-29)17-23-7-5-4-6-8-23;2*1-2/h4-16,19H,17-18H2,1-3H3;2*1-2H3. The van der Waals surface area contributed by atoms with Gasteiger partial charge in [0.15, 0.2) is 5.65 Å². The molecule has 0 saturated carbocycles. The van der Waals surface area contributed by atoms with Gasteiger partial charge in [-0.1, -0.05) is 70.2 Å². The van der Waals surface area contributed by atoms with Crippen molar-refractivity contribution < 1.29 is 28.6 Å². The number of fused-ring (bicyclic) bond motifs is 1. The Kier molecular flexibility index (Phi) is 12.5. The first-order valence-electron chi connectivity index (χ1n) is 14.9. The highest BCUT2D eigenvalue weighted by atomic mass is 16.5. The molecule has 0 saturated heterocycles. The van der Waals surface area contributed by atoms with Crippen LogP contribution < -0.4 is 14.2 Å². The van der Waals surface area contributed by atoms with Gasteiger partial charge in [0, 0.05) is 45.4 Å². The number of nitrogens with zero attached hydrogens (tertiary/aromatic N) is 3. The fourth-order valence-corrected chi connectivity index (χ4v) is 4.44. The van der Waals surface area contributed by atoms with E-state index in [9.17, 15) is 14.4 Å². The van der Waals surface area contributed by atoms with Crippen LogP contribution in [0.2, 0.25) is 0 Å². The predicted octanol–water partition coefficient (Wildman–Crippen LogP) is 7.41. The number of ether oxygens (including phenoxy) is 3. The summed E-state index contributed by atoms with van der Waals surface area (Å²) in [6.07, 6.45) is 2.64. The number of benzene rings is 3. The topological polar surface area (TPSA) is 109 Å². The van der Waals surface area contributed by atoms with Crippen molar-refractivity contribution in [3.63, 3.8) is 0 Å². The summed E-state index contributed by atoms with van der Waals surface area (Å²) >= 11 is 0. The van der Waals surface area contributed by atoms with E-state index in [1.54, 1.807) is 34.9 Å². The van der Waals surface area contributed by atoms with Crippen LogP contribution in [0.25, 0.3) is 16.9 Å². The quantitative estimate of drug-likeness (QED) is 0.132. The maximum atomic E-state index is 12.2. The summed E-state index contributed by atoms with van der Waals surface area (Å²) in [7, 11) is 0. The van der Waals surface area contributed by atoms with Crippen molar-refractivity contribution in [1.82, 2.24) is 14.4 Å². The molecule has 0 spiro atoms. The minimum Gasteiger partial charge on any atom is -0.427 e. The fraction of sp³-hybridized carbons (Fsp3) is 0.250. The Labute approximate surface area is 263 Å². The number of carbonyl (C=O) groups excluding carboxylic acids is 3. The van der Waals surface area contributed by atoms with Crippen molar-refractivity contribution in [3.05, 3.63) is 108 Å². The minimum absolute atomic E-state index is 0.297. The first kappa shape index (κ1) is 34.2. The lowest BCUT2D eigenvalue weighted by Crippen LogP contribution is -2.07. The van der Waals surface area contributed by atoms with Gasteiger partial charge in [-0.3, -0.25) is 18.8 Å². The lowest BCUT2D eigenvalue weighted by Gasteiger charge is -2.10. The van der Waals surface area contributed by atoms with Gasteiger partial charge in [0.25, 0.3) is 0 Å². The van der Waals surface area contributed by atoms with E-state index in [2.05, 4.69) is 0 Å². The molecular weight excluding hydrogens is 570 g/mol. The molecule has 0 aliphatic rings. The molecule has 0 aliphatic heterocycles. The van der Waals surface area contributed by atoms with Crippen molar-refractivity contribution in [2.75, 3.05) is 0 Å². The Bertz CT molecular complexity index is 1730. The van der Waals surface area contributed by atoms with E-state index in [0.29, 0.717) is 52.9 Å². The second-order valence-electron chi connectivity index (χ2n) is 9.42. The summed E-state index contributed by atoms with van der Waals surface area (Å²) in [6, 6.07) is 24.0. The van der Waals surface area contributed by atoms with Crippen LogP contribution in [0.3, 0.4) is 0 Å². The summed E-state index contributed by atoms with van der Waals surface area (Å²) in [5.41, 5.74) is 5.15. The van der Waals surface area contributed by atoms with E-state index in [-0.39, 0.29) is 0 Å². The Hall–Kier alpha value is -5.31. The average molecular weight is 610 g/mol. The summed E-state index contributed by atoms with van der Waals surface area (Å²) in [6.45, 7) is 12.0. The maximum absolute atomic E-state index is 12.2. The number of imidazole rings is 1. The van der Waals surface area contributed by atoms with Crippen molar-refractivity contribution in [2.45, 2.75) is 61.3 Å². The van der Waals surface area contributed by atoms with E-state index in [1.165, 1.54) is 20.8 Å². The summed E-state index contributed by atoms with van der Waals surface area (Å²) in [5.74, 6) is -0.115. The molecule has 0 bridgehead atoms. The monoisotopic (exact) mass is 609 g/mol. The van der Waals surface area contributed by atoms with Crippen molar-refractivity contribution >= 4 is 23.6 Å². The SMILES string of the molecule is CC.CC.CC(=O)Oc1ccc(Cc2nc3c(Cc4ccccc4)nc(-c4ccc(OC(C)=O)cc4)cn3c2OC(C)=O)cc1. The van der Waals surface area contributed by atoms with Gasteiger partial charge in [-0.25, -0.2) is 9.97 Å². The van der Waals surface area contributed by atoms with E-state index in [4.69, 9.17) is 24.2 Å². The first-order chi connectivity index (χ1) is 21.7. The Morgan fingerprint density at radius 3 is 1.62 bits per heavy atom. The zero-order chi connectivity index (χ0) is 32.9. The van der Waals surface area contributed by atoms with Crippen LogP contribution in [0.4, 0.5) is 0 Å². The van der Waals surface area contributed by atoms with Gasteiger partial charge in [0.05, 0.1) is 11.4 Å². The van der Waals surface area contributed by atoms with Gasteiger partial charge >= 0.3 is 17.9 Å². The molecule has 0 fully saturated rings. The third kappa shape index (κ3) is 9.34. The van der Waals surface area contributed by atoms with E-state index in [0.717, 1.165) is 16.7 Å². The second-order valence-corrected chi connectivity index (χ2v) is 9.42. The molecule has 0 atom stereocenters. The van der Waals surface area contributed by atoms with Crippen LogP contribution in [-0.4, -0.2) is 32.3 Å². The van der Waals surface area contributed by atoms with Crippen molar-refractivity contribution in [1.29, 1.82) is 0 Å². The first-order valence-corrected chi connectivity index (χ1v) is 14.9. The largest absolute Gasteiger partial charge is 0.427 e. The molecule has 234 valence electrons. The smallest absolute Gasteiger partial charge is 0.309 e. The lowest BCUT2D eigenvalue weighted by molar-refractivity contribution is -0.133. The molecule has 9 heteroatoms. The molecule has 0 aliphatic carbocycles. The Morgan fingerprint density at radius 1 is 0.600 bits per heavy atom. The molecule has 45 heavy (non-hydrogen) atoms. The number of esters is 3. The van der Waals surface area contributed by atoms with Gasteiger partial charge < -0.3 is 14.2 Å². The number of hydrogen-bond donors (Lipinski definition) is 0. The average Bonchev–Trinajstić information content (AvgIpc) is 3.36. The van der Waals surface area contributed by atoms with Gasteiger partial charge in [0.2, 0.25) is 5.88 Å². The molecule has 0 radical (unpaired) electrons. The number of rotatable bonds is 8. The molecule has 0 unspecified atom stereocenters. The fourth-order valence-electron chi connectivity index (χ4n) is 4.44. The number of aromatic nitrogens is 3. The van der Waals surface area contributed by atoms with Gasteiger partial charge in [-0.05, 0) is 47.5 Å². The number of carbonyl (C=O) groups is 3. The maximum Gasteiger partial charge on any atom is 0.309 e. The molecule has 9 nitrogen and oxygen atoms in total. The normalized spacial score (nSPS) is 10.1. The van der Waals surface area contributed by atoms with E-state index in [1.807, 2.05) is 82.3 Å². The highest BCUT2D eigenvalue weighted by Gasteiger charge is 2.21. The minimum atomic E-state index is -0.480. The third-order valence-corrected chi connectivity index (χ3v) is 6.12. The van der Waals surface area contributed by atoms with Gasteiger partial charge in [0.1, 0.15) is 17.2 Å². The molecule has 5 rings (SSSR count). The highest BCUT2D eigenvalue weighted by molar-refractivity contribution is 5.72. The Balaban J connectivity index is 0.00000133. The molecule has 3 aromatic carbocycles. The molecular formula is C36H39N3O6. The zero-order valence-corrected chi connectivity index (χ0v) is 26.8. The summed E-state index contributed by atoms with van der Waals surface area (Å²) < 4.78 is 17.8. The molecule has 2 aromatic heterocycles. The predicted molar refractivity (Wildman–Crippen MR) is 174 cm³/mol. The molecule has 5 aromatic rings. The van der Waals surface area contributed by atoms with Crippen LogP contribution in [0.5, 0.6) is 17.4 Å². The second kappa shape index (κ2) is 16.5. The van der Waals surface area contributed by atoms with Crippen molar-refractivity contribution in [2.24, 2.45) is 0 Å². The zero-order valence-electron chi connectivity index (χ0n) is 26.8. The summed E-state index contributed by atoms with van der Waals surface area (Å²) in [4.78, 5) is 44.7. The van der Waals surface area contributed by atoms with Crippen LogP contribution in [0.15, 0.2) is 85.1 Å². The van der Waals surface area contributed by atoms with Crippen LogP contribution in [0.1, 0.15) is 71.0 Å². The number of hydrogen-bond acceptors (Lipinski definition) is 8. The lowest BCUT2D eigenvalue weighted by atomic mass is 10.1. The highest BCUT2D eigenvalue weighted by Crippen LogP contribution is 2.30. The van der Waals surface area contributed by atoms with E-state index < -0.39 is 17.9 Å². The van der Waals surface area contributed by atoms with Crippen LogP contribution in [0, 0.1) is 0 Å². The van der Waals surface area contributed by atoms with Crippen molar-refractivity contribution in [3.8, 4) is 28.6 Å². The molecule has 0 amide bonds.